The second-order valence-electron chi connectivity index (χ2n) is 5.58. The van der Waals surface area contributed by atoms with Crippen LogP contribution in [0.2, 0.25) is 0 Å². The molecule has 0 aliphatic carbocycles. The Hall–Kier alpha value is -2.51. The highest BCUT2D eigenvalue weighted by Gasteiger charge is 2.07. The number of hydrogen-bond donors (Lipinski definition) is 3. The number of nitrogens with two attached hydrogens (primary N) is 1. The number of aryl methyl sites for hydroxylation is 1. The second kappa shape index (κ2) is 7.85. The van der Waals surface area contributed by atoms with Crippen LogP contribution in [0.1, 0.15) is 11.3 Å². The van der Waals surface area contributed by atoms with Crippen molar-refractivity contribution in [1.82, 2.24) is 15.0 Å². The summed E-state index contributed by atoms with van der Waals surface area (Å²) in [7, 11) is 0. The lowest BCUT2D eigenvalue weighted by molar-refractivity contribution is 0.686. The highest BCUT2D eigenvalue weighted by atomic mass is 32.1. The van der Waals surface area contributed by atoms with Gasteiger partial charge in [-0.2, -0.15) is 4.98 Å². The molecule has 0 bridgehead atoms. The third kappa shape index (κ3) is 4.74. The largest absolute Gasteiger partial charge is 0.353 e. The molecule has 4 N–H and O–H groups in total. The first kappa shape index (κ1) is 16.4. The molecule has 1 atom stereocenters. The van der Waals surface area contributed by atoms with E-state index in [2.05, 4.69) is 44.6 Å². The van der Waals surface area contributed by atoms with E-state index in [1.165, 1.54) is 5.56 Å². The summed E-state index contributed by atoms with van der Waals surface area (Å²) in [6.45, 7) is 2.65. The van der Waals surface area contributed by atoms with Crippen LogP contribution in [0.5, 0.6) is 0 Å². The minimum Gasteiger partial charge on any atom is -0.353 e. The molecule has 2 aromatic heterocycles. The maximum Gasteiger partial charge on any atom is 0.224 e. The Morgan fingerprint density at radius 1 is 1.25 bits per heavy atom. The van der Waals surface area contributed by atoms with Crippen LogP contribution in [0.3, 0.4) is 0 Å². The van der Waals surface area contributed by atoms with Gasteiger partial charge in [0.1, 0.15) is 5.82 Å². The zero-order valence-electron chi connectivity index (χ0n) is 13.4. The Bertz CT molecular complexity index is 774. The molecule has 3 rings (SSSR count). The van der Waals surface area contributed by atoms with Crippen molar-refractivity contribution in [1.29, 1.82) is 0 Å². The van der Waals surface area contributed by atoms with Gasteiger partial charge in [-0.05, 0) is 30.7 Å². The number of nitrogens with one attached hydrogen (secondary N) is 2. The van der Waals surface area contributed by atoms with Gasteiger partial charge in [0.05, 0.1) is 11.2 Å². The average molecular weight is 340 g/mol. The molecule has 0 aliphatic heterocycles. The molecule has 124 valence electrons. The molecule has 3 aromatic rings. The topological polar surface area (TPSA) is 88.8 Å². The Morgan fingerprint density at radius 3 is 2.96 bits per heavy atom. The second-order valence-corrected chi connectivity index (χ2v) is 6.30. The standard InChI is InChI=1S/C17H20N6S/c1-12-3-2-4-14(7-12)22-16-5-6-19-17(23-16)20-9-13(18)8-15-10-24-11-21-15/h2-7,10-11,13H,8-9,18H2,1H3,(H2,19,20,22,23)/t13-/m0/s1. The van der Waals surface area contributed by atoms with Crippen molar-refractivity contribution >= 4 is 28.8 Å². The fourth-order valence-electron chi connectivity index (χ4n) is 2.29. The summed E-state index contributed by atoms with van der Waals surface area (Å²) >= 11 is 1.58. The van der Waals surface area contributed by atoms with Crippen LogP contribution in [-0.2, 0) is 6.42 Å². The maximum absolute atomic E-state index is 6.12. The molecule has 0 saturated carbocycles. The summed E-state index contributed by atoms with van der Waals surface area (Å²) in [6, 6.07) is 9.94. The Labute approximate surface area is 145 Å². The van der Waals surface area contributed by atoms with E-state index in [4.69, 9.17) is 5.73 Å². The Balaban J connectivity index is 1.56. The third-order valence-electron chi connectivity index (χ3n) is 3.42. The summed E-state index contributed by atoms with van der Waals surface area (Å²) in [4.78, 5) is 12.9. The van der Waals surface area contributed by atoms with Gasteiger partial charge in [-0.3, -0.25) is 0 Å². The van der Waals surface area contributed by atoms with Crippen molar-refractivity contribution < 1.29 is 0 Å². The van der Waals surface area contributed by atoms with Gasteiger partial charge < -0.3 is 16.4 Å². The zero-order chi connectivity index (χ0) is 16.8. The normalized spacial score (nSPS) is 11.9. The SMILES string of the molecule is Cc1cccc(Nc2ccnc(NC[C@@H](N)Cc3cscn3)n2)c1. The molecule has 0 radical (unpaired) electrons. The van der Waals surface area contributed by atoms with Crippen LogP contribution in [0.15, 0.2) is 47.4 Å². The molecule has 0 spiro atoms. The number of nitrogens with zero attached hydrogens (tertiary/aromatic N) is 3. The molecular weight excluding hydrogens is 320 g/mol. The number of rotatable bonds is 7. The van der Waals surface area contributed by atoms with Crippen LogP contribution in [0.4, 0.5) is 17.5 Å². The summed E-state index contributed by atoms with van der Waals surface area (Å²) in [5, 5.41) is 8.48. The van der Waals surface area contributed by atoms with Crippen molar-refractivity contribution in [3.63, 3.8) is 0 Å². The van der Waals surface area contributed by atoms with E-state index in [0.29, 0.717) is 12.5 Å². The predicted molar refractivity (Wildman–Crippen MR) is 98.8 cm³/mol. The summed E-state index contributed by atoms with van der Waals surface area (Å²) < 4.78 is 0. The lowest BCUT2D eigenvalue weighted by Crippen LogP contribution is -2.31. The van der Waals surface area contributed by atoms with E-state index in [1.54, 1.807) is 17.5 Å². The lowest BCUT2D eigenvalue weighted by atomic mass is 10.2. The summed E-state index contributed by atoms with van der Waals surface area (Å²) in [5.41, 5.74) is 11.2. The minimum absolute atomic E-state index is 0.0379. The lowest BCUT2D eigenvalue weighted by Gasteiger charge is -2.12. The molecule has 0 fully saturated rings. The average Bonchev–Trinajstić information content (AvgIpc) is 3.06. The van der Waals surface area contributed by atoms with Gasteiger partial charge in [-0.25, -0.2) is 9.97 Å². The number of thiazole rings is 1. The third-order valence-corrected chi connectivity index (χ3v) is 4.06. The van der Waals surface area contributed by atoms with Crippen LogP contribution in [0.25, 0.3) is 0 Å². The smallest absolute Gasteiger partial charge is 0.224 e. The van der Waals surface area contributed by atoms with Crippen molar-refractivity contribution in [2.45, 2.75) is 19.4 Å². The Morgan fingerprint density at radius 2 is 2.17 bits per heavy atom. The van der Waals surface area contributed by atoms with Gasteiger partial charge >= 0.3 is 0 Å². The van der Waals surface area contributed by atoms with Gasteiger partial charge in [0.15, 0.2) is 0 Å². The molecule has 0 aliphatic rings. The first-order valence-corrected chi connectivity index (χ1v) is 8.66. The van der Waals surface area contributed by atoms with E-state index in [9.17, 15) is 0 Å². The molecule has 6 nitrogen and oxygen atoms in total. The fraction of sp³-hybridized carbons (Fsp3) is 0.235. The molecule has 24 heavy (non-hydrogen) atoms. The first-order valence-electron chi connectivity index (χ1n) is 7.72. The summed E-state index contributed by atoms with van der Waals surface area (Å²) in [6.07, 6.45) is 2.46. The van der Waals surface area contributed by atoms with E-state index < -0.39 is 0 Å². The van der Waals surface area contributed by atoms with E-state index in [0.717, 1.165) is 23.6 Å². The highest BCUT2D eigenvalue weighted by molar-refractivity contribution is 7.07. The van der Waals surface area contributed by atoms with E-state index in [-0.39, 0.29) is 6.04 Å². The Kier molecular flexibility index (Phi) is 5.35. The maximum atomic E-state index is 6.12. The van der Waals surface area contributed by atoms with Crippen molar-refractivity contribution in [2.75, 3.05) is 17.2 Å². The van der Waals surface area contributed by atoms with Crippen LogP contribution >= 0.6 is 11.3 Å². The number of hydrogen-bond acceptors (Lipinski definition) is 7. The van der Waals surface area contributed by atoms with Gasteiger partial charge in [0, 0.05) is 36.3 Å². The number of aromatic nitrogens is 3. The first-order chi connectivity index (χ1) is 11.7. The molecule has 0 unspecified atom stereocenters. The zero-order valence-corrected chi connectivity index (χ0v) is 14.3. The van der Waals surface area contributed by atoms with Crippen LogP contribution in [-0.4, -0.2) is 27.5 Å². The predicted octanol–water partition coefficient (Wildman–Crippen LogP) is 2.97. The van der Waals surface area contributed by atoms with Crippen LogP contribution in [0, 0.1) is 6.92 Å². The van der Waals surface area contributed by atoms with Gasteiger partial charge in [0.25, 0.3) is 0 Å². The van der Waals surface area contributed by atoms with Crippen molar-refractivity contribution in [2.24, 2.45) is 5.73 Å². The fourth-order valence-corrected chi connectivity index (χ4v) is 2.86. The quantitative estimate of drug-likeness (QED) is 0.613. The molecule has 0 amide bonds. The van der Waals surface area contributed by atoms with Gasteiger partial charge in [-0.15, -0.1) is 11.3 Å². The molecule has 0 saturated heterocycles. The summed E-state index contributed by atoms with van der Waals surface area (Å²) in [5.74, 6) is 1.30. The number of benzene rings is 1. The van der Waals surface area contributed by atoms with Gasteiger partial charge in [0.2, 0.25) is 5.95 Å². The minimum atomic E-state index is -0.0379. The highest BCUT2D eigenvalue weighted by Crippen LogP contribution is 2.16. The molecule has 7 heteroatoms. The van der Waals surface area contributed by atoms with E-state index >= 15 is 0 Å². The molecule has 2 heterocycles. The number of anilines is 3. The molecule has 1 aromatic carbocycles. The molecular formula is C17H20N6S. The van der Waals surface area contributed by atoms with E-state index in [1.807, 2.05) is 29.1 Å². The monoisotopic (exact) mass is 340 g/mol. The van der Waals surface area contributed by atoms with Gasteiger partial charge in [-0.1, -0.05) is 12.1 Å². The van der Waals surface area contributed by atoms with Crippen LogP contribution < -0.4 is 16.4 Å². The van der Waals surface area contributed by atoms with Crippen molar-refractivity contribution in [3.8, 4) is 0 Å². The van der Waals surface area contributed by atoms with Crippen molar-refractivity contribution in [3.05, 3.63) is 58.7 Å².